The van der Waals surface area contributed by atoms with E-state index in [1.54, 1.807) is 0 Å². The van der Waals surface area contributed by atoms with Crippen LogP contribution in [0.1, 0.15) is 37.4 Å². The predicted octanol–water partition coefficient (Wildman–Crippen LogP) is 4.96. The second-order valence-electron chi connectivity index (χ2n) is 5.37. The van der Waals surface area contributed by atoms with Gasteiger partial charge in [-0.05, 0) is 72.5 Å². The Labute approximate surface area is 135 Å². The van der Waals surface area contributed by atoms with Crippen LogP contribution in [0, 0.1) is 3.57 Å². The summed E-state index contributed by atoms with van der Waals surface area (Å²) in [6.07, 6.45) is 2.30. The standard InChI is InChI=1S/C18H22IN/c1-14(8-9-16-6-4-3-5-7-16)20-15(2)17-10-12-18(19)13-11-17/h3-7,10-15,20H,8-9H2,1-2H3. The molecule has 1 nitrogen and oxygen atoms in total. The summed E-state index contributed by atoms with van der Waals surface area (Å²) in [5.41, 5.74) is 2.78. The number of nitrogens with one attached hydrogen (secondary N) is 1. The third-order valence-electron chi connectivity index (χ3n) is 3.61. The quantitative estimate of drug-likeness (QED) is 0.700. The fourth-order valence-corrected chi connectivity index (χ4v) is 2.75. The normalized spacial score (nSPS) is 13.9. The lowest BCUT2D eigenvalue weighted by molar-refractivity contribution is 0.456. The van der Waals surface area contributed by atoms with Crippen LogP contribution >= 0.6 is 22.6 Å². The van der Waals surface area contributed by atoms with Crippen LogP contribution in [0.25, 0.3) is 0 Å². The molecule has 0 heterocycles. The second kappa shape index (κ2) is 7.79. The largest absolute Gasteiger partial charge is 0.308 e. The van der Waals surface area contributed by atoms with E-state index in [0.717, 1.165) is 6.42 Å². The van der Waals surface area contributed by atoms with E-state index in [2.05, 4.69) is 96.4 Å². The molecular formula is C18H22IN. The van der Waals surface area contributed by atoms with Gasteiger partial charge in [-0.15, -0.1) is 0 Å². The highest BCUT2D eigenvalue weighted by Crippen LogP contribution is 2.16. The van der Waals surface area contributed by atoms with Gasteiger partial charge in [0.15, 0.2) is 0 Å². The number of rotatable bonds is 6. The summed E-state index contributed by atoms with van der Waals surface area (Å²) in [6.45, 7) is 4.51. The minimum atomic E-state index is 0.401. The van der Waals surface area contributed by atoms with Crippen molar-refractivity contribution in [2.75, 3.05) is 0 Å². The van der Waals surface area contributed by atoms with Crippen LogP contribution in [-0.2, 0) is 6.42 Å². The Kier molecular flexibility index (Phi) is 6.05. The van der Waals surface area contributed by atoms with Crippen LogP contribution in [0.15, 0.2) is 54.6 Å². The Morgan fingerprint density at radius 2 is 1.60 bits per heavy atom. The first kappa shape index (κ1) is 15.5. The smallest absolute Gasteiger partial charge is 0.0294 e. The molecule has 0 saturated heterocycles. The van der Waals surface area contributed by atoms with Gasteiger partial charge in [-0.3, -0.25) is 0 Å². The van der Waals surface area contributed by atoms with Crippen LogP contribution < -0.4 is 5.32 Å². The van der Waals surface area contributed by atoms with Crippen molar-refractivity contribution in [2.45, 2.75) is 38.8 Å². The van der Waals surface area contributed by atoms with Gasteiger partial charge < -0.3 is 5.32 Å². The van der Waals surface area contributed by atoms with Gasteiger partial charge in [-0.25, -0.2) is 0 Å². The number of hydrogen-bond donors (Lipinski definition) is 1. The van der Waals surface area contributed by atoms with Crippen LogP contribution in [0.2, 0.25) is 0 Å². The molecule has 20 heavy (non-hydrogen) atoms. The monoisotopic (exact) mass is 379 g/mol. The van der Waals surface area contributed by atoms with Gasteiger partial charge in [-0.1, -0.05) is 42.5 Å². The summed E-state index contributed by atoms with van der Waals surface area (Å²) in [7, 11) is 0. The molecule has 2 heteroatoms. The summed E-state index contributed by atoms with van der Waals surface area (Å²) in [5.74, 6) is 0. The van der Waals surface area contributed by atoms with Gasteiger partial charge in [0.2, 0.25) is 0 Å². The maximum atomic E-state index is 3.68. The Morgan fingerprint density at radius 1 is 0.950 bits per heavy atom. The maximum absolute atomic E-state index is 3.68. The third kappa shape index (κ3) is 4.91. The average Bonchev–Trinajstić information content (AvgIpc) is 2.47. The minimum absolute atomic E-state index is 0.401. The summed E-state index contributed by atoms with van der Waals surface area (Å²) in [4.78, 5) is 0. The van der Waals surface area contributed by atoms with Crippen molar-refractivity contribution < 1.29 is 0 Å². The van der Waals surface area contributed by atoms with E-state index in [-0.39, 0.29) is 0 Å². The van der Waals surface area contributed by atoms with Crippen LogP contribution in [-0.4, -0.2) is 6.04 Å². The molecule has 2 unspecified atom stereocenters. The van der Waals surface area contributed by atoms with Crippen molar-refractivity contribution in [3.8, 4) is 0 Å². The zero-order chi connectivity index (χ0) is 14.4. The molecule has 0 aliphatic carbocycles. The van der Waals surface area contributed by atoms with Crippen molar-refractivity contribution in [3.05, 3.63) is 69.3 Å². The van der Waals surface area contributed by atoms with Gasteiger partial charge >= 0.3 is 0 Å². The molecule has 1 N–H and O–H groups in total. The van der Waals surface area contributed by atoms with Crippen molar-refractivity contribution in [1.29, 1.82) is 0 Å². The first-order valence-corrected chi connectivity index (χ1v) is 8.28. The minimum Gasteiger partial charge on any atom is -0.308 e. The number of aryl methyl sites for hydroxylation is 1. The number of hydrogen-bond acceptors (Lipinski definition) is 1. The molecule has 0 aliphatic heterocycles. The van der Waals surface area contributed by atoms with Crippen molar-refractivity contribution in [3.63, 3.8) is 0 Å². The van der Waals surface area contributed by atoms with Crippen LogP contribution in [0.4, 0.5) is 0 Å². The molecule has 2 rings (SSSR count). The fraction of sp³-hybridized carbons (Fsp3) is 0.333. The van der Waals surface area contributed by atoms with E-state index in [1.165, 1.54) is 21.1 Å². The van der Waals surface area contributed by atoms with E-state index in [4.69, 9.17) is 0 Å². The lowest BCUT2D eigenvalue weighted by atomic mass is 10.0. The summed E-state index contributed by atoms with van der Waals surface area (Å²) in [6, 6.07) is 20.4. The second-order valence-corrected chi connectivity index (χ2v) is 6.61. The van der Waals surface area contributed by atoms with Gasteiger partial charge in [0.25, 0.3) is 0 Å². The van der Waals surface area contributed by atoms with E-state index in [0.29, 0.717) is 12.1 Å². The first-order chi connectivity index (χ1) is 9.65. The summed E-state index contributed by atoms with van der Waals surface area (Å²) in [5, 5.41) is 3.68. The highest BCUT2D eigenvalue weighted by molar-refractivity contribution is 14.1. The molecule has 0 bridgehead atoms. The fourth-order valence-electron chi connectivity index (χ4n) is 2.39. The van der Waals surface area contributed by atoms with Crippen LogP contribution in [0.5, 0.6) is 0 Å². The highest BCUT2D eigenvalue weighted by atomic mass is 127. The maximum Gasteiger partial charge on any atom is 0.0294 e. The topological polar surface area (TPSA) is 12.0 Å². The molecule has 0 radical (unpaired) electrons. The Bertz CT molecular complexity index is 507. The lowest BCUT2D eigenvalue weighted by Gasteiger charge is -2.20. The number of halogens is 1. The molecule has 2 aromatic rings. The zero-order valence-electron chi connectivity index (χ0n) is 12.1. The van der Waals surface area contributed by atoms with E-state index >= 15 is 0 Å². The average molecular weight is 379 g/mol. The molecule has 0 aliphatic rings. The molecule has 2 aromatic carbocycles. The van der Waals surface area contributed by atoms with Gasteiger partial charge in [0.1, 0.15) is 0 Å². The van der Waals surface area contributed by atoms with Crippen LogP contribution in [0.3, 0.4) is 0 Å². The number of benzene rings is 2. The third-order valence-corrected chi connectivity index (χ3v) is 4.33. The van der Waals surface area contributed by atoms with E-state index < -0.39 is 0 Å². The molecule has 0 amide bonds. The Balaban J connectivity index is 1.82. The van der Waals surface area contributed by atoms with Crippen molar-refractivity contribution >= 4 is 22.6 Å². The summed E-state index contributed by atoms with van der Waals surface area (Å²) >= 11 is 2.34. The lowest BCUT2D eigenvalue weighted by Crippen LogP contribution is -2.29. The molecule has 0 saturated carbocycles. The molecule has 0 spiro atoms. The van der Waals surface area contributed by atoms with Crippen molar-refractivity contribution in [2.24, 2.45) is 0 Å². The molecule has 0 aromatic heterocycles. The van der Waals surface area contributed by atoms with E-state index in [9.17, 15) is 0 Å². The molecule has 2 atom stereocenters. The van der Waals surface area contributed by atoms with Gasteiger partial charge in [-0.2, -0.15) is 0 Å². The first-order valence-electron chi connectivity index (χ1n) is 7.20. The van der Waals surface area contributed by atoms with Gasteiger partial charge in [0.05, 0.1) is 0 Å². The van der Waals surface area contributed by atoms with Crippen molar-refractivity contribution in [1.82, 2.24) is 5.32 Å². The molecular weight excluding hydrogens is 357 g/mol. The molecule has 106 valence electrons. The van der Waals surface area contributed by atoms with E-state index in [1.807, 2.05) is 0 Å². The molecule has 0 fully saturated rings. The van der Waals surface area contributed by atoms with Gasteiger partial charge in [0, 0.05) is 15.7 Å². The Hall–Kier alpha value is -0.870. The predicted molar refractivity (Wildman–Crippen MR) is 94.9 cm³/mol. The highest BCUT2D eigenvalue weighted by Gasteiger charge is 2.09. The SMILES string of the molecule is CC(CCc1ccccc1)NC(C)c1ccc(I)cc1. The Morgan fingerprint density at radius 3 is 2.25 bits per heavy atom. The zero-order valence-corrected chi connectivity index (χ0v) is 14.3. The summed E-state index contributed by atoms with van der Waals surface area (Å²) < 4.78 is 1.29.